The van der Waals surface area contributed by atoms with Crippen molar-refractivity contribution in [1.82, 2.24) is 10.2 Å². The Hall–Kier alpha value is -1.94. The summed E-state index contributed by atoms with van der Waals surface area (Å²) in [6.07, 6.45) is 0. The third-order valence-electron chi connectivity index (χ3n) is 2.81. The summed E-state index contributed by atoms with van der Waals surface area (Å²) in [6.45, 7) is 4.07. The number of aliphatic hydroxyl groups is 1. The number of aliphatic hydroxyl groups excluding tert-OH is 1. The molecule has 1 aromatic heterocycles. The van der Waals surface area contributed by atoms with Crippen LogP contribution in [0.3, 0.4) is 0 Å². The van der Waals surface area contributed by atoms with Gasteiger partial charge in [-0.25, -0.2) is 0 Å². The molecule has 0 saturated carbocycles. The molecule has 1 aromatic carbocycles. The number of anilines is 2. The molecule has 94 valence electrons. The highest BCUT2D eigenvalue weighted by atomic mass is 16.3. The maximum absolute atomic E-state index is 8.94. The van der Waals surface area contributed by atoms with Gasteiger partial charge in [0.05, 0.1) is 12.3 Å². The molecule has 0 bridgehead atoms. The Morgan fingerprint density at radius 3 is 2.22 bits per heavy atom. The number of benzene rings is 1. The number of rotatable bonds is 3. The minimum absolute atomic E-state index is 0.0828. The molecule has 18 heavy (non-hydrogen) atoms. The normalized spacial score (nSPS) is 10.4. The average Bonchev–Trinajstić information content (AvgIpc) is 2.37. The second-order valence-electron chi connectivity index (χ2n) is 4.45. The van der Waals surface area contributed by atoms with Gasteiger partial charge in [-0.05, 0) is 49.2 Å². The summed E-state index contributed by atoms with van der Waals surface area (Å²) >= 11 is 0. The largest absolute Gasteiger partial charge is 0.390 e. The van der Waals surface area contributed by atoms with E-state index in [0.717, 1.165) is 11.5 Å². The van der Waals surface area contributed by atoms with Crippen molar-refractivity contribution in [1.29, 1.82) is 0 Å². The molecule has 0 aliphatic rings. The molecule has 0 aliphatic heterocycles. The van der Waals surface area contributed by atoms with Crippen LogP contribution in [0.15, 0.2) is 30.3 Å². The monoisotopic (exact) mass is 243 g/mol. The van der Waals surface area contributed by atoms with Crippen molar-refractivity contribution in [3.05, 3.63) is 47.2 Å². The van der Waals surface area contributed by atoms with E-state index in [1.807, 2.05) is 18.0 Å². The number of hydrogen-bond acceptors (Lipinski definition) is 4. The maximum atomic E-state index is 8.94. The van der Waals surface area contributed by atoms with Crippen LogP contribution in [-0.4, -0.2) is 22.4 Å². The Kier molecular flexibility index (Phi) is 3.58. The van der Waals surface area contributed by atoms with Gasteiger partial charge in [-0.3, -0.25) is 0 Å². The van der Waals surface area contributed by atoms with Crippen LogP contribution < -0.4 is 4.90 Å². The molecule has 0 radical (unpaired) electrons. The van der Waals surface area contributed by atoms with Crippen LogP contribution in [0.25, 0.3) is 0 Å². The number of aryl methyl sites for hydroxylation is 2. The third-order valence-corrected chi connectivity index (χ3v) is 2.81. The predicted molar refractivity (Wildman–Crippen MR) is 71.9 cm³/mol. The van der Waals surface area contributed by atoms with Gasteiger partial charge >= 0.3 is 0 Å². The first kappa shape index (κ1) is 12.5. The van der Waals surface area contributed by atoms with E-state index >= 15 is 0 Å². The number of nitrogens with zero attached hydrogens (tertiary/aromatic N) is 3. The average molecular weight is 243 g/mol. The molecule has 0 fully saturated rings. The Morgan fingerprint density at radius 2 is 1.72 bits per heavy atom. The van der Waals surface area contributed by atoms with Crippen LogP contribution in [0.1, 0.15) is 16.8 Å². The molecule has 0 spiro atoms. The molecule has 0 unspecified atom stereocenters. The van der Waals surface area contributed by atoms with Crippen molar-refractivity contribution in [2.45, 2.75) is 20.5 Å². The zero-order valence-electron chi connectivity index (χ0n) is 10.9. The maximum Gasteiger partial charge on any atom is 0.155 e. The van der Waals surface area contributed by atoms with Crippen LogP contribution in [0.2, 0.25) is 0 Å². The van der Waals surface area contributed by atoms with Gasteiger partial charge in [0, 0.05) is 12.7 Å². The molecular formula is C14H17N3O. The smallest absolute Gasteiger partial charge is 0.155 e. The fourth-order valence-corrected chi connectivity index (χ4v) is 1.89. The molecule has 0 atom stereocenters. The number of hydrogen-bond donors (Lipinski definition) is 1. The van der Waals surface area contributed by atoms with Crippen molar-refractivity contribution < 1.29 is 5.11 Å². The minimum Gasteiger partial charge on any atom is -0.390 e. The van der Waals surface area contributed by atoms with Gasteiger partial charge in [-0.1, -0.05) is 6.07 Å². The van der Waals surface area contributed by atoms with Crippen molar-refractivity contribution in [3.63, 3.8) is 0 Å². The first-order valence-electron chi connectivity index (χ1n) is 5.85. The molecule has 4 heteroatoms. The molecule has 2 rings (SSSR count). The summed E-state index contributed by atoms with van der Waals surface area (Å²) < 4.78 is 0. The summed E-state index contributed by atoms with van der Waals surface area (Å²) in [7, 11) is 1.96. The van der Waals surface area contributed by atoms with Crippen LogP contribution in [0.5, 0.6) is 0 Å². The summed E-state index contributed by atoms with van der Waals surface area (Å²) in [5.41, 5.74) is 4.10. The lowest BCUT2D eigenvalue weighted by molar-refractivity contribution is 0.275. The van der Waals surface area contributed by atoms with Crippen LogP contribution in [0.4, 0.5) is 11.5 Å². The standard InChI is InChI=1S/C14H17N3O/c1-10-6-11(2)8-13(7-10)17(3)14-5-4-12(9-18)15-16-14/h4-8,18H,9H2,1-3H3. The first-order chi connectivity index (χ1) is 8.60. The van der Waals surface area contributed by atoms with E-state index < -0.39 is 0 Å². The molecule has 1 N–H and O–H groups in total. The Bertz CT molecular complexity index is 517. The van der Waals surface area contributed by atoms with Gasteiger partial charge in [-0.15, -0.1) is 5.10 Å². The Labute approximate surface area is 107 Å². The molecule has 4 nitrogen and oxygen atoms in total. The van der Waals surface area contributed by atoms with Crippen molar-refractivity contribution >= 4 is 11.5 Å². The quantitative estimate of drug-likeness (QED) is 0.899. The van der Waals surface area contributed by atoms with E-state index in [1.54, 1.807) is 6.07 Å². The van der Waals surface area contributed by atoms with Gasteiger partial charge in [0.15, 0.2) is 5.82 Å². The van der Waals surface area contributed by atoms with Crippen LogP contribution >= 0.6 is 0 Å². The predicted octanol–water partition coefficient (Wildman–Crippen LogP) is 2.35. The molecule has 1 heterocycles. The first-order valence-corrected chi connectivity index (χ1v) is 5.85. The molecular weight excluding hydrogens is 226 g/mol. The van der Waals surface area contributed by atoms with Crippen molar-refractivity contribution in [3.8, 4) is 0 Å². The second kappa shape index (κ2) is 5.14. The Morgan fingerprint density at radius 1 is 1.06 bits per heavy atom. The zero-order chi connectivity index (χ0) is 13.1. The molecule has 0 amide bonds. The van der Waals surface area contributed by atoms with E-state index in [2.05, 4.69) is 42.2 Å². The fraction of sp³-hybridized carbons (Fsp3) is 0.286. The van der Waals surface area contributed by atoms with E-state index in [9.17, 15) is 0 Å². The van der Waals surface area contributed by atoms with Crippen LogP contribution in [-0.2, 0) is 6.61 Å². The molecule has 2 aromatic rings. The number of aromatic nitrogens is 2. The SMILES string of the molecule is Cc1cc(C)cc(N(C)c2ccc(CO)nn2)c1. The fourth-order valence-electron chi connectivity index (χ4n) is 1.89. The highest BCUT2D eigenvalue weighted by Crippen LogP contribution is 2.23. The lowest BCUT2D eigenvalue weighted by Crippen LogP contribution is -2.12. The van der Waals surface area contributed by atoms with Crippen LogP contribution in [0, 0.1) is 13.8 Å². The lowest BCUT2D eigenvalue weighted by atomic mass is 10.1. The van der Waals surface area contributed by atoms with E-state index in [1.165, 1.54) is 11.1 Å². The van der Waals surface area contributed by atoms with Gasteiger partial charge < -0.3 is 10.0 Å². The molecule has 0 aliphatic carbocycles. The topological polar surface area (TPSA) is 49.2 Å². The minimum atomic E-state index is -0.0828. The zero-order valence-corrected chi connectivity index (χ0v) is 10.9. The Balaban J connectivity index is 2.31. The highest BCUT2D eigenvalue weighted by Gasteiger charge is 2.07. The van der Waals surface area contributed by atoms with E-state index in [4.69, 9.17) is 5.11 Å². The van der Waals surface area contributed by atoms with E-state index in [-0.39, 0.29) is 6.61 Å². The van der Waals surface area contributed by atoms with Gasteiger partial charge in [0.25, 0.3) is 0 Å². The summed E-state index contributed by atoms with van der Waals surface area (Å²) in [5, 5.41) is 17.0. The third kappa shape index (κ3) is 2.65. The van der Waals surface area contributed by atoms with Gasteiger partial charge in [0.2, 0.25) is 0 Å². The van der Waals surface area contributed by atoms with E-state index in [0.29, 0.717) is 5.69 Å². The summed E-state index contributed by atoms with van der Waals surface area (Å²) in [5.74, 6) is 0.761. The van der Waals surface area contributed by atoms with Gasteiger partial charge in [-0.2, -0.15) is 5.10 Å². The molecule has 0 saturated heterocycles. The summed E-state index contributed by atoms with van der Waals surface area (Å²) in [4.78, 5) is 1.98. The van der Waals surface area contributed by atoms with Crippen molar-refractivity contribution in [2.75, 3.05) is 11.9 Å². The van der Waals surface area contributed by atoms with Crippen molar-refractivity contribution in [2.24, 2.45) is 0 Å². The van der Waals surface area contributed by atoms with Gasteiger partial charge in [0.1, 0.15) is 0 Å². The summed E-state index contributed by atoms with van der Waals surface area (Å²) in [6, 6.07) is 9.98. The second-order valence-corrected chi connectivity index (χ2v) is 4.45. The lowest BCUT2D eigenvalue weighted by Gasteiger charge is -2.19. The highest BCUT2D eigenvalue weighted by molar-refractivity contribution is 5.60.